The largest absolute Gasteiger partial charge is 0.508 e. The predicted octanol–water partition coefficient (Wildman–Crippen LogP) is 0.781. The normalized spacial score (nSPS) is 12.1. The van der Waals surface area contributed by atoms with Crippen LogP contribution in [-0.2, 0) is 0 Å². The van der Waals surface area contributed by atoms with Gasteiger partial charge in [-0.1, -0.05) is 0 Å². The Kier molecular flexibility index (Phi) is 8.18. The van der Waals surface area contributed by atoms with Crippen LogP contribution in [0.25, 0.3) is 98.0 Å². The third-order valence-electron chi connectivity index (χ3n) is 13.3. The number of hydrogen-bond donors (Lipinski definition) is 22. The number of phenolic OH excluding ortho intramolecular Hbond substituents is 22. The summed E-state index contributed by atoms with van der Waals surface area (Å²) in [6.07, 6.45) is 0. The Hall–Kier alpha value is -9.93. The smallest absolute Gasteiger partial charge is 0.204 e. The molecule has 0 spiro atoms. The maximum Gasteiger partial charge on any atom is 0.204 e. The quantitative estimate of drug-likeness (QED) is 0.0503. The Bertz CT molecular complexity index is 4050. The Morgan fingerprint density at radius 1 is 0.188 bits per heavy atom. The molecule has 0 aliphatic heterocycles. The Morgan fingerprint density at radius 3 is 1.01 bits per heavy atom. The van der Waals surface area contributed by atoms with Crippen LogP contribution in [0.15, 0.2) is 6.07 Å². The summed E-state index contributed by atoms with van der Waals surface area (Å²) in [5.74, 6) is -27.7. The molecular formula is C44H29B3O22. The Balaban J connectivity index is 1.53. The van der Waals surface area contributed by atoms with Crippen LogP contribution in [0.5, 0.6) is 126 Å². The van der Waals surface area contributed by atoms with E-state index in [4.69, 9.17) is 0 Å². The lowest BCUT2D eigenvalue weighted by atomic mass is 9.76. The van der Waals surface area contributed by atoms with E-state index in [-0.39, 0.29) is 5.46 Å². The minimum Gasteiger partial charge on any atom is -0.508 e. The van der Waals surface area contributed by atoms with Gasteiger partial charge in [-0.15, -0.1) is 0 Å². The zero-order valence-electron chi connectivity index (χ0n) is 34.9. The summed E-state index contributed by atoms with van der Waals surface area (Å²) in [6.45, 7) is 0. The van der Waals surface area contributed by atoms with E-state index in [1.54, 1.807) is 0 Å². The molecule has 0 aliphatic rings. The third-order valence-corrected chi connectivity index (χ3v) is 13.3. The van der Waals surface area contributed by atoms with Gasteiger partial charge < -0.3 is 112 Å². The highest BCUT2D eigenvalue weighted by Crippen LogP contribution is 2.67. The van der Waals surface area contributed by atoms with Crippen LogP contribution in [-0.4, -0.2) is 136 Å². The summed E-state index contributed by atoms with van der Waals surface area (Å²) >= 11 is 0. The van der Waals surface area contributed by atoms with Crippen molar-refractivity contribution >= 4 is 105 Å². The van der Waals surface area contributed by atoms with Crippen molar-refractivity contribution < 1.29 is 112 Å². The van der Waals surface area contributed by atoms with Crippen LogP contribution in [0.1, 0.15) is 0 Å². The average molecular weight is 942 g/mol. The first-order chi connectivity index (χ1) is 32.3. The molecule has 10 aromatic rings. The molecule has 0 saturated carbocycles. The molecule has 0 saturated heterocycles. The Labute approximate surface area is 382 Å². The highest BCUT2D eigenvalue weighted by molar-refractivity contribution is 6.50. The third kappa shape index (κ3) is 4.65. The second kappa shape index (κ2) is 13.1. The second-order valence-electron chi connectivity index (χ2n) is 16.5. The highest BCUT2D eigenvalue weighted by atomic mass is 16.4. The van der Waals surface area contributed by atoms with E-state index in [0.717, 1.165) is 23.5 Å². The number of aromatic hydroxyl groups is 22. The molecule has 0 amide bonds. The molecule has 22 nitrogen and oxygen atoms in total. The first-order valence-electron chi connectivity index (χ1n) is 19.7. The highest BCUT2D eigenvalue weighted by Gasteiger charge is 2.39. The van der Waals surface area contributed by atoms with Gasteiger partial charge in [-0.05, 0) is 22.5 Å². The van der Waals surface area contributed by atoms with Gasteiger partial charge in [-0.25, -0.2) is 0 Å². The van der Waals surface area contributed by atoms with Crippen LogP contribution in [0.4, 0.5) is 0 Å². The van der Waals surface area contributed by atoms with Crippen molar-refractivity contribution in [3.05, 3.63) is 6.07 Å². The molecule has 0 aromatic heterocycles. The van der Waals surface area contributed by atoms with Crippen LogP contribution in [0.3, 0.4) is 0 Å². The van der Waals surface area contributed by atoms with Crippen molar-refractivity contribution in [1.82, 2.24) is 0 Å². The molecule has 0 aliphatic carbocycles. The zero-order chi connectivity index (χ0) is 50.5. The summed E-state index contributed by atoms with van der Waals surface area (Å²) in [4.78, 5) is 0. The maximum atomic E-state index is 12.7. The topological polar surface area (TPSA) is 445 Å². The van der Waals surface area contributed by atoms with E-state index >= 15 is 0 Å². The average Bonchev–Trinajstić information content (AvgIpc) is 3.30. The van der Waals surface area contributed by atoms with Gasteiger partial charge in [0.2, 0.25) is 23.0 Å². The van der Waals surface area contributed by atoms with E-state index in [9.17, 15) is 112 Å². The van der Waals surface area contributed by atoms with Crippen molar-refractivity contribution in [2.75, 3.05) is 0 Å². The fourth-order valence-electron chi connectivity index (χ4n) is 10.0. The maximum absolute atomic E-state index is 12.7. The fourth-order valence-corrected chi connectivity index (χ4v) is 10.0. The van der Waals surface area contributed by atoms with Gasteiger partial charge in [-0.3, -0.25) is 0 Å². The minimum atomic E-state index is -1.47. The zero-order valence-corrected chi connectivity index (χ0v) is 34.9. The molecule has 346 valence electrons. The standard InChI is InChI=1S/C44H29B3O22/c45-21-14-9-7-4(27(21)52)2(1-3(48)6(7)29(54)34(59)16(9)37(62)41(66)32(14)57)5-24(49)19(26(51)20(25(5)50)15-23(47)40(65)44(69)43(68)33(15)58)12-11-8-10-17(35(60)30(11)55)38(63)42(67)39(64)18(10)36(61)31(56)13(8)22(46)28(12)53/h1,48-69H,45-47H2. The number of rotatable bonds is 3. The molecule has 0 fully saturated rings. The van der Waals surface area contributed by atoms with Crippen molar-refractivity contribution in [2.45, 2.75) is 0 Å². The molecule has 0 heterocycles. The van der Waals surface area contributed by atoms with Crippen LogP contribution in [0, 0.1) is 0 Å². The molecule has 25 heteroatoms. The van der Waals surface area contributed by atoms with Gasteiger partial charge in [0.1, 0.15) is 58.0 Å². The summed E-state index contributed by atoms with van der Waals surface area (Å²) < 4.78 is 0. The van der Waals surface area contributed by atoms with Gasteiger partial charge in [0.25, 0.3) is 0 Å². The SMILES string of the molecule is Bc1c(O)c(O)c(O)c(O)c1-c1c(O)c(-c2cc(O)c3c(O)c(O)c4c(O)c(O)c(O)c5c(B)c(O)c2c3c54)c(O)c(-c2c(O)c(B)c3c(O)c(O)c4c(O)c(O)c(O)c5c(O)c(O)c2c3c45)c1O. The van der Waals surface area contributed by atoms with E-state index < -0.39 is 235 Å². The van der Waals surface area contributed by atoms with E-state index in [1.807, 2.05) is 0 Å². The molecule has 69 heavy (non-hydrogen) atoms. The summed E-state index contributed by atoms with van der Waals surface area (Å²) in [5.41, 5.74) is -7.66. The first-order valence-corrected chi connectivity index (χ1v) is 19.7. The van der Waals surface area contributed by atoms with Gasteiger partial charge in [0, 0.05) is 59.8 Å². The van der Waals surface area contributed by atoms with E-state index in [0.29, 0.717) is 6.07 Å². The molecule has 0 unspecified atom stereocenters. The molecular weight excluding hydrogens is 913 g/mol. The lowest BCUT2D eigenvalue weighted by Gasteiger charge is -2.26. The van der Waals surface area contributed by atoms with Gasteiger partial charge in [0.15, 0.2) is 69.0 Å². The number of hydrogen-bond acceptors (Lipinski definition) is 22. The monoisotopic (exact) mass is 942 g/mol. The lowest BCUT2D eigenvalue weighted by molar-refractivity contribution is 0.348. The van der Waals surface area contributed by atoms with E-state index in [2.05, 4.69) is 0 Å². The first kappa shape index (κ1) is 43.0. The van der Waals surface area contributed by atoms with Crippen molar-refractivity contribution in [3.8, 4) is 160 Å². The van der Waals surface area contributed by atoms with Crippen LogP contribution >= 0.6 is 0 Å². The van der Waals surface area contributed by atoms with E-state index in [1.165, 1.54) is 0 Å². The van der Waals surface area contributed by atoms with Crippen LogP contribution < -0.4 is 16.4 Å². The number of phenols is 22. The summed E-state index contributed by atoms with van der Waals surface area (Å²) in [6, 6.07) is 0.659. The van der Waals surface area contributed by atoms with Gasteiger partial charge in [0.05, 0.1) is 38.2 Å². The van der Waals surface area contributed by atoms with Crippen molar-refractivity contribution in [3.63, 3.8) is 0 Å². The Morgan fingerprint density at radius 2 is 0.507 bits per heavy atom. The summed E-state index contributed by atoms with van der Waals surface area (Å²) in [5, 5.41) is 243. The number of benzene rings is 10. The molecule has 0 radical (unpaired) electrons. The second-order valence-corrected chi connectivity index (χ2v) is 16.5. The molecule has 10 rings (SSSR count). The predicted molar refractivity (Wildman–Crippen MR) is 251 cm³/mol. The fraction of sp³-hybridized carbons (Fsp3) is 0. The van der Waals surface area contributed by atoms with Crippen LogP contribution in [0.2, 0.25) is 0 Å². The molecule has 10 aromatic carbocycles. The van der Waals surface area contributed by atoms with Crippen molar-refractivity contribution in [2.24, 2.45) is 0 Å². The molecule has 22 N–H and O–H groups in total. The lowest BCUT2D eigenvalue weighted by Crippen LogP contribution is -2.11. The minimum absolute atomic E-state index is 0.375. The molecule has 0 atom stereocenters. The summed E-state index contributed by atoms with van der Waals surface area (Å²) in [7, 11) is 3.21. The van der Waals surface area contributed by atoms with Crippen molar-refractivity contribution in [1.29, 1.82) is 0 Å². The molecule has 0 bridgehead atoms. The van der Waals surface area contributed by atoms with Gasteiger partial charge >= 0.3 is 0 Å². The van der Waals surface area contributed by atoms with Gasteiger partial charge in [-0.2, -0.15) is 0 Å².